The predicted octanol–water partition coefficient (Wildman–Crippen LogP) is 6.18. The molecule has 2 rings (SSSR count). The van der Waals surface area contributed by atoms with E-state index >= 15 is 0 Å². The summed E-state index contributed by atoms with van der Waals surface area (Å²) in [6, 6.07) is 7.44. The molecule has 0 saturated carbocycles. The number of hydrogen-bond donors (Lipinski definition) is 2. The normalized spacial score (nSPS) is 10.3. The number of phenolic OH excluding ortho intramolecular Hbond substituents is 1. The molecule has 0 spiro atoms. The van der Waals surface area contributed by atoms with Crippen molar-refractivity contribution < 1.29 is 10.6 Å². The first-order valence-corrected chi connectivity index (χ1v) is 10.0. The van der Waals surface area contributed by atoms with Crippen molar-refractivity contribution in [3.05, 3.63) is 30.0 Å². The van der Waals surface area contributed by atoms with Crippen LogP contribution in [0.5, 0.6) is 5.75 Å². The number of aromatic nitrogens is 1. The Balaban J connectivity index is 0.00000338. The van der Waals surface area contributed by atoms with E-state index in [0.29, 0.717) is 5.75 Å². The summed E-state index contributed by atoms with van der Waals surface area (Å²) in [4.78, 5) is 4.53. The van der Waals surface area contributed by atoms with Crippen LogP contribution in [0, 0.1) is 6.92 Å². The molecule has 0 fully saturated rings. The number of anilines is 1. The molecular formula is C22H37ClN2O2. The van der Waals surface area contributed by atoms with Crippen LogP contribution in [-0.2, 0) is 0 Å². The first-order valence-electron chi connectivity index (χ1n) is 10.0. The zero-order valence-corrected chi connectivity index (χ0v) is 17.7. The van der Waals surface area contributed by atoms with Crippen LogP contribution in [0.3, 0.4) is 0 Å². The summed E-state index contributed by atoms with van der Waals surface area (Å²) >= 11 is 0. The van der Waals surface area contributed by atoms with Crippen molar-refractivity contribution >= 4 is 29.0 Å². The number of nitrogens with one attached hydrogen (secondary N) is 1. The van der Waals surface area contributed by atoms with Crippen molar-refractivity contribution in [2.75, 3.05) is 11.9 Å². The van der Waals surface area contributed by atoms with E-state index in [-0.39, 0.29) is 17.9 Å². The molecule has 2 aromatic rings. The molecule has 1 heterocycles. The van der Waals surface area contributed by atoms with E-state index in [4.69, 9.17) is 0 Å². The minimum atomic E-state index is 0. The zero-order valence-electron chi connectivity index (χ0n) is 16.9. The van der Waals surface area contributed by atoms with Crippen LogP contribution >= 0.6 is 12.4 Å². The van der Waals surface area contributed by atoms with Crippen LogP contribution in [-0.4, -0.2) is 22.1 Å². The largest absolute Gasteiger partial charge is 0.508 e. The molecule has 0 aliphatic carbocycles. The summed E-state index contributed by atoms with van der Waals surface area (Å²) < 4.78 is 0. The monoisotopic (exact) mass is 396 g/mol. The van der Waals surface area contributed by atoms with E-state index < -0.39 is 0 Å². The Morgan fingerprint density at radius 3 is 2.11 bits per heavy atom. The number of aryl methyl sites for hydroxylation is 1. The average Bonchev–Trinajstić information content (AvgIpc) is 2.60. The lowest BCUT2D eigenvalue weighted by molar-refractivity contribution is 0.476. The number of unbranched alkanes of at least 4 members (excludes halogenated alkanes) is 9. The lowest BCUT2D eigenvalue weighted by Crippen LogP contribution is -2.03. The van der Waals surface area contributed by atoms with Gasteiger partial charge in [-0.15, -0.1) is 12.4 Å². The molecular weight excluding hydrogens is 360 g/mol. The maximum atomic E-state index is 9.73. The van der Waals surface area contributed by atoms with Gasteiger partial charge in [-0.25, -0.2) is 0 Å². The number of nitrogens with zero attached hydrogens (tertiary/aromatic N) is 1. The highest BCUT2D eigenvalue weighted by Gasteiger charge is 2.04. The van der Waals surface area contributed by atoms with Gasteiger partial charge < -0.3 is 15.9 Å². The first kappa shape index (κ1) is 25.5. The van der Waals surface area contributed by atoms with E-state index in [0.717, 1.165) is 28.8 Å². The third kappa shape index (κ3) is 9.30. The van der Waals surface area contributed by atoms with E-state index in [2.05, 4.69) is 23.3 Å². The first-order chi connectivity index (χ1) is 12.2. The van der Waals surface area contributed by atoms with Crippen LogP contribution < -0.4 is 5.32 Å². The van der Waals surface area contributed by atoms with Gasteiger partial charge in [-0.3, -0.25) is 4.98 Å². The van der Waals surface area contributed by atoms with Gasteiger partial charge >= 0.3 is 0 Å². The Kier molecular flexibility index (Phi) is 13.7. The fourth-order valence-corrected chi connectivity index (χ4v) is 3.33. The quantitative estimate of drug-likeness (QED) is 0.420. The molecule has 0 aliphatic rings. The van der Waals surface area contributed by atoms with Crippen molar-refractivity contribution in [1.82, 2.24) is 4.98 Å². The van der Waals surface area contributed by atoms with Crippen LogP contribution in [0.4, 0.5) is 5.69 Å². The van der Waals surface area contributed by atoms with Gasteiger partial charge in [0.1, 0.15) is 5.75 Å². The van der Waals surface area contributed by atoms with Crippen molar-refractivity contribution in [2.24, 2.45) is 0 Å². The summed E-state index contributed by atoms with van der Waals surface area (Å²) in [5.41, 5.74) is 3.02. The maximum absolute atomic E-state index is 9.73. The van der Waals surface area contributed by atoms with Gasteiger partial charge in [0.25, 0.3) is 0 Å². The number of hydrogen-bond acceptors (Lipinski definition) is 3. The highest BCUT2D eigenvalue weighted by atomic mass is 35.5. The fourth-order valence-electron chi connectivity index (χ4n) is 3.33. The molecule has 4 N–H and O–H groups in total. The predicted molar refractivity (Wildman–Crippen MR) is 119 cm³/mol. The van der Waals surface area contributed by atoms with E-state index in [1.165, 1.54) is 64.2 Å². The molecule has 27 heavy (non-hydrogen) atoms. The van der Waals surface area contributed by atoms with Gasteiger partial charge in [-0.2, -0.15) is 0 Å². The number of fused-ring (bicyclic) bond motifs is 1. The zero-order chi connectivity index (χ0) is 17.9. The molecule has 0 bridgehead atoms. The van der Waals surface area contributed by atoms with E-state index in [1.807, 2.05) is 13.0 Å². The second-order valence-corrected chi connectivity index (χ2v) is 7.12. The molecule has 4 nitrogen and oxygen atoms in total. The summed E-state index contributed by atoms with van der Waals surface area (Å²) in [7, 11) is 0. The minimum Gasteiger partial charge on any atom is -0.508 e. The van der Waals surface area contributed by atoms with Crippen LogP contribution in [0.2, 0.25) is 0 Å². The van der Waals surface area contributed by atoms with Gasteiger partial charge in [0.15, 0.2) is 0 Å². The summed E-state index contributed by atoms with van der Waals surface area (Å²) in [5, 5.41) is 14.3. The molecule has 0 radical (unpaired) electrons. The number of halogens is 1. The van der Waals surface area contributed by atoms with Crippen LogP contribution in [0.1, 0.15) is 76.8 Å². The number of pyridine rings is 1. The highest BCUT2D eigenvalue weighted by Crippen LogP contribution is 2.26. The van der Waals surface area contributed by atoms with Gasteiger partial charge in [-0.05, 0) is 37.6 Å². The Morgan fingerprint density at radius 2 is 1.48 bits per heavy atom. The highest BCUT2D eigenvalue weighted by molar-refractivity contribution is 5.92. The molecule has 0 saturated heterocycles. The molecule has 0 aliphatic heterocycles. The van der Waals surface area contributed by atoms with Crippen LogP contribution in [0.25, 0.3) is 10.9 Å². The maximum Gasteiger partial charge on any atom is 0.116 e. The third-order valence-electron chi connectivity index (χ3n) is 4.77. The molecule has 0 unspecified atom stereocenters. The van der Waals surface area contributed by atoms with Crippen LogP contribution in [0.15, 0.2) is 24.3 Å². The van der Waals surface area contributed by atoms with Gasteiger partial charge in [-0.1, -0.05) is 64.7 Å². The van der Waals surface area contributed by atoms with Crippen molar-refractivity contribution in [2.45, 2.75) is 78.1 Å². The smallest absolute Gasteiger partial charge is 0.116 e. The summed E-state index contributed by atoms with van der Waals surface area (Å²) in [6.07, 6.45) is 13.5. The second-order valence-electron chi connectivity index (χ2n) is 7.12. The number of aromatic hydroxyl groups is 1. The number of phenols is 1. The van der Waals surface area contributed by atoms with Crippen molar-refractivity contribution in [3.8, 4) is 5.75 Å². The average molecular weight is 397 g/mol. The molecule has 1 aromatic carbocycles. The lowest BCUT2D eigenvalue weighted by Gasteiger charge is -2.11. The molecule has 1 aromatic heterocycles. The van der Waals surface area contributed by atoms with Crippen molar-refractivity contribution in [3.63, 3.8) is 0 Å². The summed E-state index contributed by atoms with van der Waals surface area (Å²) in [6.45, 7) is 5.26. The van der Waals surface area contributed by atoms with E-state index in [1.54, 1.807) is 12.1 Å². The Morgan fingerprint density at radius 1 is 0.889 bits per heavy atom. The standard InChI is InChI=1S/C22H34N2O.ClH.H2O/c1-3-4-5-6-7-8-9-10-11-12-15-23-22-16-18(2)24-21-14-13-19(25)17-20(21)22;;/h13-14,16-17,25H,3-12,15H2,1-2H3,(H,23,24);1H;1H2. The number of benzene rings is 1. The number of rotatable bonds is 12. The third-order valence-corrected chi connectivity index (χ3v) is 4.77. The molecule has 0 atom stereocenters. The van der Waals surface area contributed by atoms with E-state index in [9.17, 15) is 5.11 Å². The fraction of sp³-hybridized carbons (Fsp3) is 0.591. The SMILES string of the molecule is CCCCCCCCCCCCNc1cc(C)nc2ccc(O)cc12.Cl.O. The second kappa shape index (κ2) is 14.5. The van der Waals surface area contributed by atoms with Crippen molar-refractivity contribution in [1.29, 1.82) is 0 Å². The minimum absolute atomic E-state index is 0. The van der Waals surface area contributed by atoms with Gasteiger partial charge in [0.05, 0.1) is 5.52 Å². The molecule has 154 valence electrons. The summed E-state index contributed by atoms with van der Waals surface area (Å²) in [5.74, 6) is 0.292. The molecule has 5 heteroatoms. The Hall–Kier alpha value is -1.52. The van der Waals surface area contributed by atoms with Gasteiger partial charge in [0, 0.05) is 23.3 Å². The topological polar surface area (TPSA) is 76.7 Å². The lowest BCUT2D eigenvalue weighted by atomic mass is 10.1. The Labute approximate surface area is 170 Å². The van der Waals surface area contributed by atoms with Gasteiger partial charge in [0.2, 0.25) is 0 Å². The molecule has 0 amide bonds. The Bertz CT molecular complexity index is 649.